The Morgan fingerprint density at radius 3 is 2.52 bits per heavy atom. The van der Waals surface area contributed by atoms with E-state index in [1.165, 1.54) is 4.90 Å². The highest BCUT2D eigenvalue weighted by atomic mass is 16.2. The van der Waals surface area contributed by atoms with Crippen LogP contribution in [-0.2, 0) is 14.4 Å². The predicted octanol–water partition coefficient (Wildman–Crippen LogP) is 0.467. The summed E-state index contributed by atoms with van der Waals surface area (Å²) in [5.74, 6) is -0.0289. The van der Waals surface area contributed by atoms with Crippen LogP contribution in [0.25, 0.3) is 0 Å². The number of carbonyl (C=O) groups excluding carboxylic acids is 3. The Balaban J connectivity index is 2.13. The fourth-order valence-corrected chi connectivity index (χ4v) is 3.30. The summed E-state index contributed by atoms with van der Waals surface area (Å²) < 4.78 is 0. The minimum atomic E-state index is -0.407. The van der Waals surface area contributed by atoms with E-state index >= 15 is 0 Å². The summed E-state index contributed by atoms with van der Waals surface area (Å²) >= 11 is 0. The van der Waals surface area contributed by atoms with E-state index in [1.54, 1.807) is 23.9 Å². The highest BCUT2D eigenvalue weighted by Gasteiger charge is 2.40. The molecule has 21 heavy (non-hydrogen) atoms. The molecule has 2 atom stereocenters. The molecule has 0 N–H and O–H groups in total. The van der Waals surface area contributed by atoms with Gasteiger partial charge in [-0.25, -0.2) is 0 Å². The quantitative estimate of drug-likeness (QED) is 0.757. The van der Waals surface area contributed by atoms with Gasteiger partial charge in [0.1, 0.15) is 12.1 Å². The molecule has 0 aliphatic carbocycles. The smallest absolute Gasteiger partial charge is 0.246 e. The lowest BCUT2D eigenvalue weighted by Gasteiger charge is -2.33. The molecule has 3 amide bonds. The SMILES string of the molecule is CCC(C(=O)N1CCC[C@H]1C(=O)N(C)C)N1CCCC1=O. The molecule has 0 spiro atoms. The molecule has 118 valence electrons. The standard InChI is InChI=1S/C15H25N3O3/c1-4-11(17-9-6-8-13(17)19)15(21)18-10-5-7-12(18)14(20)16(2)3/h11-12H,4-10H2,1-3H3/t11?,12-/m0/s1. The molecule has 2 aliphatic heterocycles. The van der Waals surface area contributed by atoms with Crippen molar-refractivity contribution in [3.05, 3.63) is 0 Å². The van der Waals surface area contributed by atoms with Crippen molar-refractivity contribution in [2.75, 3.05) is 27.2 Å². The van der Waals surface area contributed by atoms with Crippen LogP contribution in [0.5, 0.6) is 0 Å². The van der Waals surface area contributed by atoms with Crippen LogP contribution in [0.15, 0.2) is 0 Å². The number of hydrogen-bond acceptors (Lipinski definition) is 3. The highest BCUT2D eigenvalue weighted by molar-refractivity contribution is 5.92. The molecule has 0 radical (unpaired) electrons. The molecular weight excluding hydrogens is 270 g/mol. The van der Waals surface area contributed by atoms with Gasteiger partial charge in [0.15, 0.2) is 0 Å². The van der Waals surface area contributed by atoms with Gasteiger partial charge in [0.05, 0.1) is 0 Å². The molecule has 0 bridgehead atoms. The first-order valence-electron chi connectivity index (χ1n) is 7.78. The number of hydrogen-bond donors (Lipinski definition) is 0. The first kappa shape index (κ1) is 15.8. The average molecular weight is 295 g/mol. The maximum atomic E-state index is 12.8. The predicted molar refractivity (Wildman–Crippen MR) is 78.5 cm³/mol. The number of likely N-dealkylation sites (N-methyl/N-ethyl adjacent to an activating group) is 1. The van der Waals surface area contributed by atoms with Gasteiger partial charge in [-0.2, -0.15) is 0 Å². The van der Waals surface area contributed by atoms with E-state index in [2.05, 4.69) is 0 Å². The summed E-state index contributed by atoms with van der Waals surface area (Å²) in [4.78, 5) is 41.8. The molecule has 0 saturated carbocycles. The van der Waals surface area contributed by atoms with Crippen LogP contribution in [0.3, 0.4) is 0 Å². The first-order valence-corrected chi connectivity index (χ1v) is 7.78. The zero-order valence-corrected chi connectivity index (χ0v) is 13.2. The summed E-state index contributed by atoms with van der Waals surface area (Å²) in [6, 6.07) is -0.769. The van der Waals surface area contributed by atoms with Crippen LogP contribution in [0.4, 0.5) is 0 Å². The second-order valence-corrected chi connectivity index (χ2v) is 6.04. The van der Waals surface area contributed by atoms with Gasteiger partial charge in [-0.3, -0.25) is 14.4 Å². The van der Waals surface area contributed by atoms with Crippen molar-refractivity contribution >= 4 is 17.7 Å². The minimum Gasteiger partial charge on any atom is -0.347 e. The third kappa shape index (κ3) is 3.04. The molecule has 0 aromatic heterocycles. The highest BCUT2D eigenvalue weighted by Crippen LogP contribution is 2.24. The molecule has 2 heterocycles. The van der Waals surface area contributed by atoms with Gasteiger partial charge in [-0.1, -0.05) is 6.92 Å². The zero-order chi connectivity index (χ0) is 15.6. The van der Waals surface area contributed by atoms with Crippen LogP contribution >= 0.6 is 0 Å². The number of rotatable bonds is 4. The van der Waals surface area contributed by atoms with Crippen molar-refractivity contribution in [3.8, 4) is 0 Å². The normalized spacial score (nSPS) is 23.6. The lowest BCUT2D eigenvalue weighted by molar-refractivity contribution is -0.148. The van der Waals surface area contributed by atoms with E-state index in [9.17, 15) is 14.4 Å². The summed E-state index contributed by atoms with van der Waals surface area (Å²) in [6.07, 6.45) is 3.52. The Labute approximate surface area is 126 Å². The van der Waals surface area contributed by atoms with E-state index in [4.69, 9.17) is 0 Å². The van der Waals surface area contributed by atoms with E-state index < -0.39 is 6.04 Å². The molecule has 2 rings (SSSR count). The van der Waals surface area contributed by atoms with E-state index in [-0.39, 0.29) is 23.8 Å². The van der Waals surface area contributed by atoms with Crippen LogP contribution < -0.4 is 0 Å². The van der Waals surface area contributed by atoms with Crippen molar-refractivity contribution in [2.24, 2.45) is 0 Å². The lowest BCUT2D eigenvalue weighted by atomic mass is 10.1. The molecular formula is C15H25N3O3. The van der Waals surface area contributed by atoms with Crippen LogP contribution in [0.1, 0.15) is 39.0 Å². The Hall–Kier alpha value is -1.59. The van der Waals surface area contributed by atoms with E-state index in [0.29, 0.717) is 32.4 Å². The lowest BCUT2D eigenvalue weighted by Crippen LogP contribution is -2.53. The van der Waals surface area contributed by atoms with Gasteiger partial charge in [-0.15, -0.1) is 0 Å². The molecule has 2 fully saturated rings. The third-order valence-corrected chi connectivity index (χ3v) is 4.42. The van der Waals surface area contributed by atoms with Gasteiger partial charge in [0, 0.05) is 33.6 Å². The summed E-state index contributed by atoms with van der Waals surface area (Å²) in [7, 11) is 3.43. The topological polar surface area (TPSA) is 60.9 Å². The molecule has 2 saturated heterocycles. The maximum absolute atomic E-state index is 12.8. The third-order valence-electron chi connectivity index (χ3n) is 4.42. The van der Waals surface area contributed by atoms with Crippen molar-refractivity contribution in [1.29, 1.82) is 0 Å². The summed E-state index contributed by atoms with van der Waals surface area (Å²) in [6.45, 7) is 3.19. The Bertz CT molecular complexity index is 436. The van der Waals surface area contributed by atoms with Crippen molar-refractivity contribution in [2.45, 2.75) is 51.1 Å². The maximum Gasteiger partial charge on any atom is 0.246 e. The number of likely N-dealkylation sites (tertiary alicyclic amines) is 2. The van der Waals surface area contributed by atoms with Crippen molar-refractivity contribution in [3.63, 3.8) is 0 Å². The van der Waals surface area contributed by atoms with Crippen LogP contribution in [0, 0.1) is 0 Å². The average Bonchev–Trinajstić information content (AvgIpc) is 3.08. The largest absolute Gasteiger partial charge is 0.347 e. The number of nitrogens with zero attached hydrogens (tertiary/aromatic N) is 3. The molecule has 0 aromatic carbocycles. The van der Waals surface area contributed by atoms with Gasteiger partial charge in [0.2, 0.25) is 17.7 Å². The summed E-state index contributed by atoms with van der Waals surface area (Å²) in [5.41, 5.74) is 0. The van der Waals surface area contributed by atoms with Gasteiger partial charge >= 0.3 is 0 Å². The minimum absolute atomic E-state index is 0.0246. The molecule has 6 nitrogen and oxygen atoms in total. The Morgan fingerprint density at radius 1 is 1.29 bits per heavy atom. The second kappa shape index (κ2) is 6.45. The fraction of sp³-hybridized carbons (Fsp3) is 0.800. The Morgan fingerprint density at radius 2 is 2.00 bits per heavy atom. The van der Waals surface area contributed by atoms with E-state index in [0.717, 1.165) is 12.8 Å². The van der Waals surface area contributed by atoms with Gasteiger partial charge in [0.25, 0.3) is 0 Å². The second-order valence-electron chi connectivity index (χ2n) is 6.04. The van der Waals surface area contributed by atoms with Crippen molar-refractivity contribution in [1.82, 2.24) is 14.7 Å². The number of amides is 3. The van der Waals surface area contributed by atoms with Crippen LogP contribution in [-0.4, -0.2) is 71.7 Å². The fourth-order valence-electron chi connectivity index (χ4n) is 3.30. The molecule has 1 unspecified atom stereocenters. The first-order chi connectivity index (χ1) is 9.97. The van der Waals surface area contributed by atoms with Gasteiger partial charge < -0.3 is 14.7 Å². The zero-order valence-electron chi connectivity index (χ0n) is 13.2. The number of carbonyl (C=O) groups is 3. The molecule has 6 heteroatoms. The van der Waals surface area contributed by atoms with Crippen LogP contribution in [0.2, 0.25) is 0 Å². The van der Waals surface area contributed by atoms with E-state index in [1.807, 2.05) is 6.92 Å². The molecule has 2 aliphatic rings. The monoisotopic (exact) mass is 295 g/mol. The summed E-state index contributed by atoms with van der Waals surface area (Å²) in [5, 5.41) is 0. The van der Waals surface area contributed by atoms with Gasteiger partial charge in [-0.05, 0) is 25.7 Å². The molecule has 0 aromatic rings. The van der Waals surface area contributed by atoms with Crippen molar-refractivity contribution < 1.29 is 14.4 Å². The Kier molecular flexibility index (Phi) is 4.85.